The Balaban J connectivity index is 1.75. The molecular formula is C19H24N4O3. The number of fused-ring (bicyclic) bond motifs is 1. The Morgan fingerprint density at radius 2 is 2.08 bits per heavy atom. The number of nitrogens with one attached hydrogen (secondary N) is 2. The van der Waals surface area contributed by atoms with Gasteiger partial charge in [0, 0.05) is 36.5 Å². The summed E-state index contributed by atoms with van der Waals surface area (Å²) in [4.78, 5) is 8.82. The molecule has 2 aromatic rings. The minimum Gasteiger partial charge on any atom is -0.490 e. The van der Waals surface area contributed by atoms with E-state index < -0.39 is 0 Å². The van der Waals surface area contributed by atoms with Crippen LogP contribution in [0.25, 0.3) is 0 Å². The van der Waals surface area contributed by atoms with Crippen LogP contribution in [0.15, 0.2) is 41.5 Å². The highest BCUT2D eigenvalue weighted by molar-refractivity contribution is 5.93. The van der Waals surface area contributed by atoms with Gasteiger partial charge in [-0.25, -0.2) is 9.98 Å². The number of hydrogen-bond donors (Lipinski definition) is 2. The molecule has 1 aliphatic rings. The van der Waals surface area contributed by atoms with E-state index in [-0.39, 0.29) is 0 Å². The van der Waals surface area contributed by atoms with Crippen LogP contribution in [-0.2, 0) is 6.54 Å². The Morgan fingerprint density at radius 3 is 2.88 bits per heavy atom. The van der Waals surface area contributed by atoms with E-state index in [1.54, 1.807) is 13.3 Å². The molecule has 1 aliphatic heterocycles. The molecule has 3 rings (SSSR count). The number of nitrogens with zero attached hydrogens (tertiary/aromatic N) is 2. The fourth-order valence-electron chi connectivity index (χ4n) is 2.58. The molecule has 0 unspecified atom stereocenters. The average molecular weight is 356 g/mol. The van der Waals surface area contributed by atoms with Gasteiger partial charge in [-0.15, -0.1) is 0 Å². The third-order valence-electron chi connectivity index (χ3n) is 3.81. The first kappa shape index (κ1) is 17.8. The van der Waals surface area contributed by atoms with Gasteiger partial charge in [-0.1, -0.05) is 6.07 Å². The molecule has 0 radical (unpaired) electrons. The molecule has 2 N–H and O–H groups in total. The zero-order valence-corrected chi connectivity index (χ0v) is 15.1. The predicted molar refractivity (Wildman–Crippen MR) is 101 cm³/mol. The van der Waals surface area contributed by atoms with Gasteiger partial charge in [0.2, 0.25) is 5.88 Å². The Bertz CT molecular complexity index is 764. The highest BCUT2D eigenvalue weighted by Crippen LogP contribution is 2.32. The maximum absolute atomic E-state index is 5.74. The molecular weight excluding hydrogens is 332 g/mol. The zero-order valence-electron chi connectivity index (χ0n) is 15.1. The van der Waals surface area contributed by atoms with Crippen LogP contribution in [0.5, 0.6) is 17.4 Å². The second-order valence-electron chi connectivity index (χ2n) is 5.70. The van der Waals surface area contributed by atoms with Crippen LogP contribution < -0.4 is 24.8 Å². The summed E-state index contributed by atoms with van der Waals surface area (Å²) in [7, 11) is 1.61. The van der Waals surface area contributed by atoms with E-state index in [0.29, 0.717) is 31.6 Å². The largest absolute Gasteiger partial charge is 0.490 e. The molecule has 7 heteroatoms. The standard InChI is InChI=1S/C19H24N4O3/c1-3-20-19(22-13-14-6-4-9-21-18(14)24-2)23-15-7-8-16-17(12-15)26-11-5-10-25-16/h4,6-9,12H,3,5,10-11,13H2,1-2H3,(H2,20,22,23). The quantitative estimate of drug-likeness (QED) is 0.634. The molecule has 0 amide bonds. The SMILES string of the molecule is CCNC(=NCc1cccnc1OC)Nc1ccc2c(c1)OCCCO2. The normalized spacial score (nSPS) is 13.7. The molecule has 0 atom stereocenters. The molecule has 0 bridgehead atoms. The smallest absolute Gasteiger partial charge is 0.218 e. The van der Waals surface area contributed by atoms with E-state index in [4.69, 9.17) is 14.2 Å². The first-order valence-electron chi connectivity index (χ1n) is 8.73. The number of guanidine groups is 1. The van der Waals surface area contributed by atoms with E-state index in [1.807, 2.05) is 37.3 Å². The summed E-state index contributed by atoms with van der Waals surface area (Å²) >= 11 is 0. The van der Waals surface area contributed by atoms with Gasteiger partial charge in [-0.3, -0.25) is 0 Å². The van der Waals surface area contributed by atoms with Gasteiger partial charge in [-0.2, -0.15) is 0 Å². The van der Waals surface area contributed by atoms with Gasteiger partial charge < -0.3 is 24.8 Å². The molecule has 1 aromatic carbocycles. The van der Waals surface area contributed by atoms with Gasteiger partial charge in [-0.05, 0) is 25.1 Å². The Morgan fingerprint density at radius 1 is 1.23 bits per heavy atom. The number of anilines is 1. The van der Waals surface area contributed by atoms with Crippen LogP contribution in [0.1, 0.15) is 18.9 Å². The van der Waals surface area contributed by atoms with Crippen molar-refractivity contribution in [2.45, 2.75) is 19.9 Å². The van der Waals surface area contributed by atoms with Crippen LogP contribution in [0, 0.1) is 0 Å². The molecule has 0 saturated heterocycles. The van der Waals surface area contributed by atoms with Crippen molar-refractivity contribution >= 4 is 11.6 Å². The van der Waals surface area contributed by atoms with Gasteiger partial charge in [0.1, 0.15) is 0 Å². The maximum atomic E-state index is 5.74. The molecule has 0 saturated carbocycles. The number of methoxy groups -OCH3 is 1. The molecule has 26 heavy (non-hydrogen) atoms. The minimum absolute atomic E-state index is 0.455. The van der Waals surface area contributed by atoms with Gasteiger partial charge in [0.05, 0.1) is 26.9 Å². The van der Waals surface area contributed by atoms with Crippen molar-refractivity contribution in [3.05, 3.63) is 42.1 Å². The monoisotopic (exact) mass is 356 g/mol. The van der Waals surface area contributed by atoms with Crippen molar-refractivity contribution in [1.82, 2.24) is 10.3 Å². The molecule has 2 heterocycles. The lowest BCUT2D eigenvalue weighted by molar-refractivity contribution is 0.297. The fourth-order valence-corrected chi connectivity index (χ4v) is 2.58. The summed E-state index contributed by atoms with van der Waals surface area (Å²) < 4.78 is 16.7. The molecule has 7 nitrogen and oxygen atoms in total. The van der Waals surface area contributed by atoms with E-state index in [1.165, 1.54) is 0 Å². The van der Waals surface area contributed by atoms with E-state index in [9.17, 15) is 0 Å². The first-order valence-corrected chi connectivity index (χ1v) is 8.73. The second kappa shape index (κ2) is 8.94. The number of hydrogen-bond acceptors (Lipinski definition) is 5. The van der Waals surface area contributed by atoms with Crippen LogP contribution in [-0.4, -0.2) is 37.8 Å². The summed E-state index contributed by atoms with van der Waals surface area (Å²) in [5.41, 5.74) is 1.80. The summed E-state index contributed by atoms with van der Waals surface area (Å²) in [5, 5.41) is 6.54. The minimum atomic E-state index is 0.455. The zero-order chi connectivity index (χ0) is 18.2. The van der Waals surface area contributed by atoms with Crippen LogP contribution in [0.3, 0.4) is 0 Å². The van der Waals surface area contributed by atoms with Crippen molar-refractivity contribution < 1.29 is 14.2 Å². The molecule has 0 fully saturated rings. The van der Waals surface area contributed by atoms with Crippen molar-refractivity contribution in [1.29, 1.82) is 0 Å². The Kier molecular flexibility index (Phi) is 6.14. The third-order valence-corrected chi connectivity index (χ3v) is 3.81. The second-order valence-corrected chi connectivity index (χ2v) is 5.70. The number of aliphatic imine (C=N–C) groups is 1. The Hall–Kier alpha value is -2.96. The summed E-state index contributed by atoms with van der Waals surface area (Å²) in [6.45, 7) is 4.56. The van der Waals surface area contributed by atoms with Gasteiger partial charge in [0.15, 0.2) is 17.5 Å². The number of benzene rings is 1. The average Bonchev–Trinajstić information content (AvgIpc) is 2.91. The Labute approximate surface area is 153 Å². The summed E-state index contributed by atoms with van der Waals surface area (Å²) in [6, 6.07) is 9.61. The maximum Gasteiger partial charge on any atom is 0.218 e. The molecule has 0 aliphatic carbocycles. The molecule has 1 aromatic heterocycles. The van der Waals surface area contributed by atoms with Crippen LogP contribution in [0.2, 0.25) is 0 Å². The number of ether oxygens (including phenoxy) is 3. The lowest BCUT2D eigenvalue weighted by atomic mass is 10.2. The lowest BCUT2D eigenvalue weighted by Crippen LogP contribution is -2.30. The van der Waals surface area contributed by atoms with Crippen molar-refractivity contribution in [2.24, 2.45) is 4.99 Å². The highest BCUT2D eigenvalue weighted by atomic mass is 16.5. The lowest BCUT2D eigenvalue weighted by Gasteiger charge is -2.14. The topological polar surface area (TPSA) is 77.0 Å². The van der Waals surface area contributed by atoms with Crippen molar-refractivity contribution in [3.63, 3.8) is 0 Å². The predicted octanol–water partition coefficient (Wildman–Crippen LogP) is 2.83. The van der Waals surface area contributed by atoms with E-state index in [2.05, 4.69) is 20.6 Å². The first-order chi connectivity index (χ1) is 12.8. The van der Waals surface area contributed by atoms with Gasteiger partial charge >= 0.3 is 0 Å². The molecule has 138 valence electrons. The molecule has 0 spiro atoms. The van der Waals surface area contributed by atoms with Crippen LogP contribution >= 0.6 is 0 Å². The number of pyridine rings is 1. The summed E-state index contributed by atoms with van der Waals surface area (Å²) in [6.07, 6.45) is 2.59. The number of rotatable bonds is 5. The highest BCUT2D eigenvalue weighted by Gasteiger charge is 2.11. The fraction of sp³-hybridized carbons (Fsp3) is 0.368. The van der Waals surface area contributed by atoms with E-state index >= 15 is 0 Å². The van der Waals surface area contributed by atoms with Gasteiger partial charge in [0.25, 0.3) is 0 Å². The number of aromatic nitrogens is 1. The van der Waals surface area contributed by atoms with Crippen molar-refractivity contribution in [2.75, 3.05) is 32.2 Å². The van der Waals surface area contributed by atoms with Crippen molar-refractivity contribution in [3.8, 4) is 17.4 Å². The van der Waals surface area contributed by atoms with E-state index in [0.717, 1.165) is 35.7 Å². The third kappa shape index (κ3) is 4.56. The van der Waals surface area contributed by atoms with Crippen LogP contribution in [0.4, 0.5) is 5.69 Å². The summed E-state index contributed by atoms with van der Waals surface area (Å²) in [5.74, 6) is 2.78.